The quantitative estimate of drug-likeness (QED) is 0.748. The largest absolute Gasteiger partial charge is 0.369 e. The van der Waals surface area contributed by atoms with Gasteiger partial charge in [0.25, 0.3) is 0 Å². The number of nitrogens with zero attached hydrogens (tertiary/aromatic N) is 3. The van der Waals surface area contributed by atoms with Crippen LogP contribution in [-0.2, 0) is 11.2 Å². The first-order chi connectivity index (χ1) is 13.1. The molecular formula is C21H23N5O. The molecule has 138 valence electrons. The maximum atomic E-state index is 12.3. The number of likely N-dealkylation sites (tertiary alicyclic amines) is 1. The summed E-state index contributed by atoms with van der Waals surface area (Å²) < 4.78 is 0. The molecule has 1 fully saturated rings. The van der Waals surface area contributed by atoms with Crippen LogP contribution in [0.5, 0.6) is 0 Å². The summed E-state index contributed by atoms with van der Waals surface area (Å²) in [5.41, 5.74) is 10.5. The lowest BCUT2D eigenvalue weighted by Gasteiger charge is -2.46. The number of nitrogens with one attached hydrogen (secondary N) is 1. The Kier molecular flexibility index (Phi) is 3.75. The molecule has 6 nitrogen and oxygen atoms in total. The Morgan fingerprint density at radius 2 is 2.22 bits per heavy atom. The van der Waals surface area contributed by atoms with Crippen molar-refractivity contribution in [2.75, 3.05) is 13.6 Å². The number of carbonyl (C=O) groups is 1. The maximum Gasteiger partial charge on any atom is 0.226 e. The van der Waals surface area contributed by atoms with Crippen LogP contribution in [0.4, 0.5) is 0 Å². The standard InChI is InChI=1S/C21H23N5O/c1-26-11-13(20(21(22)27)17-6-3-7-24-25-17)8-15-14-4-2-5-16-19(14)12(10-23-16)9-18(15)26/h2-7,10,13,15,18,20,23H,8-9,11H2,1H3,(H2,22,27)/t13-,15-,18-,20?/m1/s1. The van der Waals surface area contributed by atoms with Gasteiger partial charge in [-0.25, -0.2) is 0 Å². The number of nitrogens with two attached hydrogens (primary N) is 1. The zero-order valence-corrected chi connectivity index (χ0v) is 15.3. The van der Waals surface area contributed by atoms with Gasteiger partial charge < -0.3 is 15.6 Å². The molecule has 5 rings (SSSR count). The van der Waals surface area contributed by atoms with Crippen molar-refractivity contribution < 1.29 is 4.79 Å². The van der Waals surface area contributed by atoms with Gasteiger partial charge in [-0.2, -0.15) is 10.2 Å². The van der Waals surface area contributed by atoms with Gasteiger partial charge in [-0.1, -0.05) is 12.1 Å². The molecule has 3 heterocycles. The zero-order chi connectivity index (χ0) is 18.5. The second-order valence-electron chi connectivity index (χ2n) is 7.93. The number of likely N-dealkylation sites (N-methyl/N-ethyl adjacent to an activating group) is 1. The molecule has 1 amide bonds. The summed E-state index contributed by atoms with van der Waals surface area (Å²) in [6.45, 7) is 0.834. The molecule has 1 aromatic carbocycles. The number of hydrogen-bond donors (Lipinski definition) is 2. The van der Waals surface area contributed by atoms with E-state index in [9.17, 15) is 4.79 Å². The second-order valence-corrected chi connectivity index (χ2v) is 7.93. The van der Waals surface area contributed by atoms with Crippen molar-refractivity contribution in [1.29, 1.82) is 0 Å². The summed E-state index contributed by atoms with van der Waals surface area (Å²) in [4.78, 5) is 18.2. The number of hydrogen-bond acceptors (Lipinski definition) is 4. The number of aromatic amines is 1. The van der Waals surface area contributed by atoms with E-state index in [1.807, 2.05) is 12.1 Å². The van der Waals surface area contributed by atoms with Crippen LogP contribution in [0.15, 0.2) is 42.7 Å². The average Bonchev–Trinajstić information content (AvgIpc) is 3.08. The normalized spacial score (nSPS) is 25.9. The van der Waals surface area contributed by atoms with E-state index < -0.39 is 5.92 Å². The molecule has 3 N–H and O–H groups in total. The summed E-state index contributed by atoms with van der Waals surface area (Å²) in [6.07, 6.45) is 5.75. The molecule has 6 heteroatoms. The summed E-state index contributed by atoms with van der Waals surface area (Å²) in [5, 5.41) is 9.52. The van der Waals surface area contributed by atoms with Crippen LogP contribution in [-0.4, -0.2) is 45.6 Å². The van der Waals surface area contributed by atoms with E-state index in [0.29, 0.717) is 17.7 Å². The summed E-state index contributed by atoms with van der Waals surface area (Å²) in [5.74, 6) is -0.210. The molecule has 1 saturated heterocycles. The van der Waals surface area contributed by atoms with Crippen molar-refractivity contribution in [3.63, 3.8) is 0 Å². The number of piperidine rings is 1. The predicted octanol–water partition coefficient (Wildman–Crippen LogP) is 2.19. The highest BCUT2D eigenvalue weighted by atomic mass is 16.1. The van der Waals surface area contributed by atoms with E-state index in [1.54, 1.807) is 6.20 Å². The third-order valence-corrected chi connectivity index (χ3v) is 6.45. The summed E-state index contributed by atoms with van der Waals surface area (Å²) in [7, 11) is 2.16. The Balaban J connectivity index is 1.55. The van der Waals surface area contributed by atoms with Gasteiger partial charge >= 0.3 is 0 Å². The number of amides is 1. The van der Waals surface area contributed by atoms with Crippen molar-refractivity contribution in [1.82, 2.24) is 20.1 Å². The SMILES string of the molecule is CN1C[C@H](C(C(N)=O)c2cccnn2)C[C@@H]2c3cccc4[nH]cc(c34)C[C@H]21. The van der Waals surface area contributed by atoms with Crippen molar-refractivity contribution >= 4 is 16.8 Å². The molecule has 0 bridgehead atoms. The number of H-pyrrole nitrogens is 1. The average molecular weight is 361 g/mol. The second kappa shape index (κ2) is 6.16. The smallest absolute Gasteiger partial charge is 0.226 e. The molecule has 4 atom stereocenters. The van der Waals surface area contributed by atoms with Gasteiger partial charge in [0.2, 0.25) is 5.91 Å². The van der Waals surface area contributed by atoms with E-state index in [4.69, 9.17) is 5.73 Å². The Labute approximate surface area is 157 Å². The Morgan fingerprint density at radius 3 is 3.00 bits per heavy atom. The highest BCUT2D eigenvalue weighted by Gasteiger charge is 2.43. The van der Waals surface area contributed by atoms with Gasteiger partial charge in [-0.3, -0.25) is 4.79 Å². The fourth-order valence-electron chi connectivity index (χ4n) is 5.32. The molecule has 1 aliphatic heterocycles. The van der Waals surface area contributed by atoms with Crippen LogP contribution in [0.2, 0.25) is 0 Å². The number of fused-ring (bicyclic) bond motifs is 2. The van der Waals surface area contributed by atoms with Gasteiger partial charge in [-0.05, 0) is 55.1 Å². The van der Waals surface area contributed by atoms with Crippen molar-refractivity contribution in [2.45, 2.75) is 30.7 Å². The monoisotopic (exact) mass is 361 g/mol. The van der Waals surface area contributed by atoms with Gasteiger partial charge in [0.15, 0.2) is 0 Å². The first-order valence-corrected chi connectivity index (χ1v) is 9.49. The van der Waals surface area contributed by atoms with E-state index >= 15 is 0 Å². The lowest BCUT2D eigenvalue weighted by atomic mass is 9.69. The van der Waals surface area contributed by atoms with Crippen molar-refractivity contribution in [3.8, 4) is 0 Å². The molecular weight excluding hydrogens is 338 g/mol. The van der Waals surface area contributed by atoms with Crippen LogP contribution in [0.25, 0.3) is 10.9 Å². The molecule has 1 aliphatic carbocycles. The number of rotatable bonds is 3. The first kappa shape index (κ1) is 16.4. The third kappa shape index (κ3) is 2.55. The minimum atomic E-state index is -0.408. The lowest BCUT2D eigenvalue weighted by Crippen LogP contribution is -2.50. The number of benzene rings is 1. The minimum Gasteiger partial charge on any atom is -0.369 e. The number of primary amides is 1. The Hall–Kier alpha value is -2.73. The Bertz CT molecular complexity index is 998. The Morgan fingerprint density at radius 1 is 1.33 bits per heavy atom. The predicted molar refractivity (Wildman–Crippen MR) is 103 cm³/mol. The summed E-state index contributed by atoms with van der Waals surface area (Å²) >= 11 is 0. The van der Waals surface area contributed by atoms with E-state index in [2.05, 4.69) is 51.5 Å². The molecule has 2 aliphatic rings. The van der Waals surface area contributed by atoms with Gasteiger partial charge in [0.05, 0.1) is 11.6 Å². The minimum absolute atomic E-state index is 0.126. The van der Waals surface area contributed by atoms with Crippen LogP contribution in [0.3, 0.4) is 0 Å². The highest BCUT2D eigenvalue weighted by molar-refractivity contribution is 5.88. The van der Waals surface area contributed by atoms with Gasteiger partial charge in [0.1, 0.15) is 0 Å². The fourth-order valence-corrected chi connectivity index (χ4v) is 5.32. The first-order valence-electron chi connectivity index (χ1n) is 9.49. The molecule has 0 spiro atoms. The highest BCUT2D eigenvalue weighted by Crippen LogP contribution is 2.46. The molecule has 0 saturated carbocycles. The third-order valence-electron chi connectivity index (χ3n) is 6.45. The summed E-state index contributed by atoms with van der Waals surface area (Å²) in [6, 6.07) is 10.6. The topological polar surface area (TPSA) is 87.9 Å². The number of carbonyl (C=O) groups excluding carboxylic acids is 1. The lowest BCUT2D eigenvalue weighted by molar-refractivity contribution is -0.121. The molecule has 27 heavy (non-hydrogen) atoms. The van der Waals surface area contributed by atoms with E-state index in [1.165, 1.54) is 22.0 Å². The molecule has 2 aromatic heterocycles. The fraction of sp³-hybridized carbons (Fsp3) is 0.381. The van der Waals surface area contributed by atoms with Gasteiger partial charge in [-0.15, -0.1) is 0 Å². The van der Waals surface area contributed by atoms with Crippen LogP contribution >= 0.6 is 0 Å². The van der Waals surface area contributed by atoms with Crippen molar-refractivity contribution in [2.24, 2.45) is 11.7 Å². The van der Waals surface area contributed by atoms with Gasteiger partial charge in [0, 0.05) is 41.8 Å². The maximum absolute atomic E-state index is 12.3. The van der Waals surface area contributed by atoms with Crippen LogP contribution in [0.1, 0.15) is 35.1 Å². The van der Waals surface area contributed by atoms with Crippen molar-refractivity contribution in [3.05, 3.63) is 59.5 Å². The zero-order valence-electron chi connectivity index (χ0n) is 15.3. The number of aromatic nitrogens is 3. The van der Waals surface area contributed by atoms with Crippen LogP contribution in [0, 0.1) is 5.92 Å². The van der Waals surface area contributed by atoms with E-state index in [-0.39, 0.29) is 11.8 Å². The van der Waals surface area contributed by atoms with E-state index in [0.717, 1.165) is 19.4 Å². The van der Waals surface area contributed by atoms with Crippen LogP contribution < -0.4 is 5.73 Å². The molecule has 1 unspecified atom stereocenters. The molecule has 0 radical (unpaired) electrons. The molecule has 3 aromatic rings.